The highest BCUT2D eigenvalue weighted by Crippen LogP contribution is 2.22. The maximum absolute atomic E-state index is 13.5. The Kier molecular flexibility index (Phi) is 9.86. The Morgan fingerprint density at radius 3 is 2.03 bits per heavy atom. The quantitative estimate of drug-likeness (QED) is 0.181. The van der Waals surface area contributed by atoms with Gasteiger partial charge in [0.15, 0.2) is 9.84 Å². The SMILES string of the molecule is COc1ccc(CC(NCCC(=O)NO)S(=O)(=O)c2ccc(NC(=O)Nc3ccc(Cl)cc3)cc2)cc1. The van der Waals surface area contributed by atoms with Crippen LogP contribution in [0.15, 0.2) is 77.7 Å². The molecule has 0 aliphatic carbocycles. The van der Waals surface area contributed by atoms with E-state index in [0.29, 0.717) is 22.1 Å². The number of sulfone groups is 1. The van der Waals surface area contributed by atoms with Gasteiger partial charge in [0.1, 0.15) is 11.1 Å². The van der Waals surface area contributed by atoms with Gasteiger partial charge in [-0.15, -0.1) is 0 Å². The Balaban J connectivity index is 1.72. The molecule has 3 amide bonds. The van der Waals surface area contributed by atoms with Gasteiger partial charge in [-0.2, -0.15) is 0 Å². The molecule has 0 aliphatic rings. The molecule has 5 N–H and O–H groups in total. The van der Waals surface area contributed by atoms with Crippen molar-refractivity contribution >= 4 is 44.8 Å². The lowest BCUT2D eigenvalue weighted by atomic mass is 10.1. The van der Waals surface area contributed by atoms with Gasteiger partial charge in [-0.3, -0.25) is 10.0 Å². The third-order valence-electron chi connectivity index (χ3n) is 5.35. The third kappa shape index (κ3) is 8.19. The molecule has 0 spiro atoms. The number of urea groups is 1. The van der Waals surface area contributed by atoms with Gasteiger partial charge in [-0.25, -0.2) is 18.7 Å². The molecule has 0 heterocycles. The first-order valence-electron chi connectivity index (χ1n) is 11.2. The number of carbonyl (C=O) groups excluding carboxylic acids is 2. The fourth-order valence-electron chi connectivity index (χ4n) is 3.39. The van der Waals surface area contributed by atoms with Crippen molar-refractivity contribution in [1.82, 2.24) is 10.8 Å². The minimum absolute atomic E-state index is 0.0248. The Bertz CT molecular complexity index is 1300. The molecule has 1 atom stereocenters. The molecular weight excluding hydrogens is 520 g/mol. The van der Waals surface area contributed by atoms with Gasteiger partial charge >= 0.3 is 6.03 Å². The van der Waals surface area contributed by atoms with Gasteiger partial charge in [0, 0.05) is 35.8 Å². The summed E-state index contributed by atoms with van der Waals surface area (Å²) in [6.07, 6.45) is 0.00723. The van der Waals surface area contributed by atoms with Crippen molar-refractivity contribution in [3.8, 4) is 5.75 Å². The average molecular weight is 547 g/mol. The zero-order chi connectivity index (χ0) is 26.8. The summed E-state index contributed by atoms with van der Waals surface area (Å²) in [5, 5.41) is 16.4. The fraction of sp³-hybridized carbons (Fsp3) is 0.200. The summed E-state index contributed by atoms with van der Waals surface area (Å²) >= 11 is 5.84. The summed E-state index contributed by atoms with van der Waals surface area (Å²) in [7, 11) is -2.36. The van der Waals surface area contributed by atoms with Gasteiger partial charge in [0.2, 0.25) is 5.91 Å². The smallest absolute Gasteiger partial charge is 0.323 e. The zero-order valence-corrected chi connectivity index (χ0v) is 21.5. The Morgan fingerprint density at radius 2 is 1.49 bits per heavy atom. The molecule has 0 fully saturated rings. The number of benzene rings is 3. The van der Waals surface area contributed by atoms with Crippen LogP contribution < -0.4 is 26.2 Å². The Morgan fingerprint density at radius 1 is 0.919 bits per heavy atom. The van der Waals surface area contributed by atoms with E-state index >= 15 is 0 Å². The van der Waals surface area contributed by atoms with Crippen molar-refractivity contribution in [3.05, 3.63) is 83.4 Å². The lowest BCUT2D eigenvalue weighted by Gasteiger charge is -2.20. The van der Waals surface area contributed by atoms with E-state index in [0.717, 1.165) is 5.56 Å². The highest BCUT2D eigenvalue weighted by molar-refractivity contribution is 7.92. The second-order valence-corrected chi connectivity index (χ2v) is 10.5. The van der Waals surface area contributed by atoms with Crippen LogP contribution >= 0.6 is 11.6 Å². The number of carbonyl (C=O) groups is 2. The number of amides is 3. The summed E-state index contributed by atoms with van der Waals surface area (Å²) in [6.45, 7) is 0.0248. The van der Waals surface area contributed by atoms with Crippen LogP contribution in [-0.2, 0) is 21.1 Å². The predicted molar refractivity (Wildman–Crippen MR) is 141 cm³/mol. The number of hydrogen-bond acceptors (Lipinski definition) is 7. The predicted octanol–water partition coefficient (Wildman–Crippen LogP) is 3.82. The molecule has 0 aliphatic heterocycles. The number of halogens is 1. The van der Waals surface area contributed by atoms with Crippen LogP contribution in [0.4, 0.5) is 16.2 Å². The van der Waals surface area contributed by atoms with Crippen LogP contribution in [0.3, 0.4) is 0 Å². The van der Waals surface area contributed by atoms with Crippen LogP contribution in [0.5, 0.6) is 5.75 Å². The van der Waals surface area contributed by atoms with Gasteiger partial charge in [-0.1, -0.05) is 23.7 Å². The molecule has 0 aromatic heterocycles. The molecule has 12 heteroatoms. The van der Waals surface area contributed by atoms with E-state index in [1.807, 2.05) is 0 Å². The van der Waals surface area contributed by atoms with Gasteiger partial charge in [0.05, 0.1) is 12.0 Å². The van der Waals surface area contributed by atoms with Crippen LogP contribution in [0.1, 0.15) is 12.0 Å². The van der Waals surface area contributed by atoms with Gasteiger partial charge < -0.3 is 20.7 Å². The monoisotopic (exact) mass is 546 g/mol. The van der Waals surface area contributed by atoms with Crippen LogP contribution in [-0.4, -0.2) is 44.6 Å². The molecule has 0 saturated carbocycles. The van der Waals surface area contributed by atoms with Crippen molar-refractivity contribution in [2.45, 2.75) is 23.1 Å². The second kappa shape index (κ2) is 13.1. The first-order chi connectivity index (χ1) is 17.7. The molecule has 0 saturated heterocycles. The van der Waals surface area contributed by atoms with Crippen molar-refractivity contribution in [2.75, 3.05) is 24.3 Å². The molecular formula is C25H27ClN4O6S. The number of methoxy groups -OCH3 is 1. The zero-order valence-electron chi connectivity index (χ0n) is 19.9. The van der Waals surface area contributed by atoms with Crippen molar-refractivity contribution in [2.24, 2.45) is 0 Å². The highest BCUT2D eigenvalue weighted by Gasteiger charge is 2.27. The number of hydrogen-bond donors (Lipinski definition) is 5. The molecule has 3 rings (SSSR count). The Hall–Kier alpha value is -3.64. The van der Waals surface area contributed by atoms with Crippen molar-refractivity contribution < 1.29 is 28.0 Å². The topological polar surface area (TPSA) is 146 Å². The minimum Gasteiger partial charge on any atom is -0.497 e. The Labute approximate surface area is 219 Å². The van der Waals surface area contributed by atoms with Gasteiger partial charge in [-0.05, 0) is 66.2 Å². The van der Waals surface area contributed by atoms with E-state index in [1.165, 1.54) is 36.9 Å². The third-order valence-corrected chi connectivity index (χ3v) is 7.61. The summed E-state index contributed by atoms with van der Waals surface area (Å²) in [5.74, 6) is -0.000629. The maximum atomic E-state index is 13.5. The van der Waals surface area contributed by atoms with Gasteiger partial charge in [0.25, 0.3) is 0 Å². The summed E-state index contributed by atoms with van der Waals surface area (Å²) in [4.78, 5) is 23.7. The van der Waals surface area contributed by atoms with E-state index in [9.17, 15) is 18.0 Å². The lowest BCUT2D eigenvalue weighted by molar-refractivity contribution is -0.129. The lowest BCUT2D eigenvalue weighted by Crippen LogP contribution is -2.40. The molecule has 3 aromatic carbocycles. The average Bonchev–Trinajstić information content (AvgIpc) is 2.90. The number of rotatable bonds is 11. The number of hydroxylamine groups is 1. The van der Waals surface area contributed by atoms with Crippen LogP contribution in [0.2, 0.25) is 5.02 Å². The number of anilines is 2. The molecule has 1 unspecified atom stereocenters. The molecule has 10 nitrogen and oxygen atoms in total. The second-order valence-electron chi connectivity index (χ2n) is 7.94. The fourth-order valence-corrected chi connectivity index (χ4v) is 5.11. The molecule has 3 aromatic rings. The normalized spacial score (nSPS) is 11.9. The van der Waals surface area contributed by atoms with Crippen molar-refractivity contribution in [1.29, 1.82) is 0 Å². The number of nitrogens with one attached hydrogen (secondary N) is 4. The van der Waals surface area contributed by atoms with E-state index in [4.69, 9.17) is 21.5 Å². The minimum atomic E-state index is -3.89. The van der Waals surface area contributed by atoms with E-state index in [-0.39, 0.29) is 24.3 Å². The molecule has 37 heavy (non-hydrogen) atoms. The standard InChI is InChI=1S/C25H27ClN4O6S/c1-36-21-10-2-17(3-11-21)16-24(27-15-14-23(31)30-33)37(34,35)22-12-8-20(9-13-22)29-25(32)28-19-6-4-18(26)5-7-19/h2-13,24,27,33H,14-16H2,1H3,(H,30,31)(H2,28,29,32). The number of ether oxygens (including phenoxy) is 1. The maximum Gasteiger partial charge on any atom is 0.323 e. The first-order valence-corrected chi connectivity index (χ1v) is 13.1. The molecule has 0 radical (unpaired) electrons. The summed E-state index contributed by atoms with van der Waals surface area (Å²) in [5.41, 5.74) is 3.20. The van der Waals surface area contributed by atoms with E-state index < -0.39 is 27.1 Å². The van der Waals surface area contributed by atoms with E-state index in [1.54, 1.807) is 48.5 Å². The summed E-state index contributed by atoms with van der Waals surface area (Å²) < 4.78 is 32.1. The summed E-state index contributed by atoms with van der Waals surface area (Å²) in [6, 6.07) is 18.8. The highest BCUT2D eigenvalue weighted by atomic mass is 35.5. The van der Waals surface area contributed by atoms with E-state index in [2.05, 4.69) is 16.0 Å². The van der Waals surface area contributed by atoms with Crippen LogP contribution in [0, 0.1) is 0 Å². The molecule has 196 valence electrons. The molecule has 0 bridgehead atoms. The van der Waals surface area contributed by atoms with Crippen LogP contribution in [0.25, 0.3) is 0 Å². The first kappa shape index (κ1) is 27.9. The van der Waals surface area contributed by atoms with Crippen molar-refractivity contribution in [3.63, 3.8) is 0 Å². The largest absolute Gasteiger partial charge is 0.497 e.